The van der Waals surface area contributed by atoms with Crippen molar-refractivity contribution in [3.63, 3.8) is 0 Å². The van der Waals surface area contributed by atoms with Gasteiger partial charge in [-0.15, -0.1) is 0 Å². The van der Waals surface area contributed by atoms with Gasteiger partial charge in [0.15, 0.2) is 6.61 Å². The first-order valence-electron chi connectivity index (χ1n) is 10.8. The Hall–Kier alpha value is -2.62. The maximum atomic E-state index is 13.1. The molecule has 2 amide bonds. The highest BCUT2D eigenvalue weighted by molar-refractivity contribution is 7.89. The number of nitrogens with one attached hydrogen (secondary N) is 2. The van der Waals surface area contributed by atoms with E-state index in [2.05, 4.69) is 10.6 Å². The SMILES string of the molecule is CCNC(=O)COc1ccc(NC(=O)c2ccc(Cl)c(S(=O)(=O)N3CCCC(C)C3)c2)cc1. The Bertz CT molecular complexity index is 1110. The van der Waals surface area contributed by atoms with Crippen LogP contribution in [0.5, 0.6) is 5.75 Å². The lowest BCUT2D eigenvalue weighted by atomic mass is 10.0. The third-order valence-electron chi connectivity index (χ3n) is 5.29. The fourth-order valence-corrected chi connectivity index (χ4v) is 5.68. The summed E-state index contributed by atoms with van der Waals surface area (Å²) < 4.78 is 33.1. The largest absolute Gasteiger partial charge is 0.484 e. The van der Waals surface area contributed by atoms with E-state index < -0.39 is 15.9 Å². The molecule has 1 aliphatic rings. The van der Waals surface area contributed by atoms with Crippen molar-refractivity contribution in [3.8, 4) is 5.75 Å². The molecule has 178 valence electrons. The number of halogens is 1. The van der Waals surface area contributed by atoms with Crippen LogP contribution in [0.15, 0.2) is 47.4 Å². The van der Waals surface area contributed by atoms with Crippen molar-refractivity contribution in [1.82, 2.24) is 9.62 Å². The van der Waals surface area contributed by atoms with Gasteiger partial charge in [-0.2, -0.15) is 4.31 Å². The third-order valence-corrected chi connectivity index (χ3v) is 7.63. The molecule has 10 heteroatoms. The molecule has 1 aliphatic heterocycles. The molecule has 2 aromatic carbocycles. The maximum Gasteiger partial charge on any atom is 0.257 e. The first-order chi connectivity index (χ1) is 15.7. The molecule has 1 unspecified atom stereocenters. The van der Waals surface area contributed by atoms with Crippen molar-refractivity contribution >= 4 is 39.1 Å². The van der Waals surface area contributed by atoms with Gasteiger partial charge in [0.2, 0.25) is 10.0 Å². The van der Waals surface area contributed by atoms with E-state index in [1.54, 1.807) is 24.3 Å². The molecular weight excluding hydrogens is 466 g/mol. The van der Waals surface area contributed by atoms with Gasteiger partial charge in [-0.1, -0.05) is 18.5 Å². The van der Waals surface area contributed by atoms with Crippen LogP contribution in [-0.4, -0.2) is 50.8 Å². The molecule has 0 aromatic heterocycles. The number of rotatable bonds is 8. The van der Waals surface area contributed by atoms with Crippen LogP contribution in [0, 0.1) is 5.92 Å². The molecule has 0 spiro atoms. The van der Waals surface area contributed by atoms with Crippen molar-refractivity contribution in [2.45, 2.75) is 31.6 Å². The Kier molecular flexibility index (Phi) is 8.34. The fraction of sp³-hybridized carbons (Fsp3) is 0.391. The van der Waals surface area contributed by atoms with Gasteiger partial charge in [-0.3, -0.25) is 9.59 Å². The van der Waals surface area contributed by atoms with Crippen LogP contribution >= 0.6 is 11.6 Å². The van der Waals surface area contributed by atoms with E-state index >= 15 is 0 Å². The summed E-state index contributed by atoms with van der Waals surface area (Å²) >= 11 is 6.21. The van der Waals surface area contributed by atoms with Gasteiger partial charge >= 0.3 is 0 Å². The molecule has 1 fully saturated rings. The van der Waals surface area contributed by atoms with E-state index in [0.29, 0.717) is 31.1 Å². The minimum Gasteiger partial charge on any atom is -0.484 e. The van der Waals surface area contributed by atoms with Crippen LogP contribution in [0.4, 0.5) is 5.69 Å². The number of nitrogens with zero attached hydrogens (tertiary/aromatic N) is 1. The Balaban J connectivity index is 1.70. The summed E-state index contributed by atoms with van der Waals surface area (Å²) in [5, 5.41) is 5.45. The van der Waals surface area contributed by atoms with Gasteiger partial charge in [0.05, 0.1) is 5.02 Å². The fourth-order valence-electron chi connectivity index (χ4n) is 3.58. The normalized spacial score (nSPS) is 16.8. The second-order valence-electron chi connectivity index (χ2n) is 7.98. The molecule has 3 rings (SSSR count). The molecular formula is C23H28ClN3O5S. The van der Waals surface area contributed by atoms with Crippen LogP contribution < -0.4 is 15.4 Å². The van der Waals surface area contributed by atoms with Crippen LogP contribution in [0.25, 0.3) is 0 Å². The average Bonchev–Trinajstić information content (AvgIpc) is 2.79. The number of likely N-dealkylation sites (N-methyl/N-ethyl adjacent to an activating group) is 1. The third kappa shape index (κ3) is 6.46. The Morgan fingerprint density at radius 2 is 1.91 bits per heavy atom. The van der Waals surface area contributed by atoms with Crippen LogP contribution in [0.1, 0.15) is 37.0 Å². The number of benzene rings is 2. The topological polar surface area (TPSA) is 105 Å². The molecule has 0 bridgehead atoms. The average molecular weight is 494 g/mol. The number of amides is 2. The summed E-state index contributed by atoms with van der Waals surface area (Å²) in [7, 11) is -3.81. The summed E-state index contributed by atoms with van der Waals surface area (Å²) in [4.78, 5) is 24.2. The van der Waals surface area contributed by atoms with Crippen molar-refractivity contribution in [3.05, 3.63) is 53.1 Å². The summed E-state index contributed by atoms with van der Waals surface area (Å²) in [6.45, 7) is 5.14. The van der Waals surface area contributed by atoms with Gasteiger partial charge in [0.1, 0.15) is 10.6 Å². The zero-order valence-corrected chi connectivity index (χ0v) is 20.2. The van der Waals surface area contributed by atoms with Crippen LogP contribution in [0.2, 0.25) is 5.02 Å². The quantitative estimate of drug-likeness (QED) is 0.585. The highest BCUT2D eigenvalue weighted by atomic mass is 35.5. The second-order valence-corrected chi connectivity index (χ2v) is 10.3. The van der Waals surface area contributed by atoms with Gasteiger partial charge in [0, 0.05) is 30.9 Å². The van der Waals surface area contributed by atoms with Crippen molar-refractivity contribution in [2.24, 2.45) is 5.92 Å². The van der Waals surface area contributed by atoms with E-state index in [1.165, 1.54) is 22.5 Å². The monoisotopic (exact) mass is 493 g/mol. The Morgan fingerprint density at radius 1 is 1.18 bits per heavy atom. The standard InChI is InChI=1S/C23H28ClN3O5S/c1-3-25-22(28)15-32-19-9-7-18(8-10-19)26-23(29)17-6-11-20(24)21(13-17)33(30,31)27-12-4-5-16(2)14-27/h6-11,13,16H,3-5,12,14-15H2,1-2H3,(H,25,28)(H,26,29). The van der Waals surface area contributed by atoms with Crippen molar-refractivity contribution in [2.75, 3.05) is 31.6 Å². The minimum atomic E-state index is -3.81. The first kappa shape index (κ1) is 25.0. The van der Waals surface area contributed by atoms with Crippen molar-refractivity contribution < 1.29 is 22.7 Å². The van der Waals surface area contributed by atoms with E-state index in [1.807, 2.05) is 13.8 Å². The van der Waals surface area contributed by atoms with Crippen LogP contribution in [-0.2, 0) is 14.8 Å². The van der Waals surface area contributed by atoms with Gasteiger partial charge in [-0.05, 0) is 68.1 Å². The van der Waals surface area contributed by atoms with E-state index in [-0.39, 0.29) is 33.9 Å². The predicted octanol–water partition coefficient (Wildman–Crippen LogP) is 3.53. The number of piperidine rings is 1. The maximum absolute atomic E-state index is 13.1. The highest BCUT2D eigenvalue weighted by Crippen LogP contribution is 2.29. The van der Waals surface area contributed by atoms with E-state index in [4.69, 9.17) is 16.3 Å². The zero-order chi connectivity index (χ0) is 24.0. The summed E-state index contributed by atoms with van der Waals surface area (Å²) in [5.74, 6) is 0.0650. The molecule has 33 heavy (non-hydrogen) atoms. The summed E-state index contributed by atoms with van der Waals surface area (Å²) in [6.07, 6.45) is 1.78. The Morgan fingerprint density at radius 3 is 2.58 bits per heavy atom. The summed E-state index contributed by atoms with van der Waals surface area (Å²) in [5.41, 5.74) is 0.675. The second kappa shape index (κ2) is 11.0. The molecule has 2 aromatic rings. The van der Waals surface area contributed by atoms with Crippen LogP contribution in [0.3, 0.4) is 0 Å². The lowest BCUT2D eigenvalue weighted by Crippen LogP contribution is -2.39. The smallest absolute Gasteiger partial charge is 0.257 e. The lowest BCUT2D eigenvalue weighted by molar-refractivity contribution is -0.122. The number of hydrogen-bond acceptors (Lipinski definition) is 5. The predicted molar refractivity (Wildman–Crippen MR) is 127 cm³/mol. The lowest BCUT2D eigenvalue weighted by Gasteiger charge is -2.30. The first-order valence-corrected chi connectivity index (χ1v) is 12.6. The summed E-state index contributed by atoms with van der Waals surface area (Å²) in [6, 6.07) is 10.7. The molecule has 1 atom stereocenters. The number of anilines is 1. The Labute approximate surface area is 199 Å². The molecule has 8 nitrogen and oxygen atoms in total. The molecule has 0 radical (unpaired) electrons. The number of sulfonamides is 1. The van der Waals surface area contributed by atoms with E-state index in [9.17, 15) is 18.0 Å². The number of hydrogen-bond donors (Lipinski definition) is 2. The molecule has 1 saturated heterocycles. The molecule has 0 saturated carbocycles. The van der Waals surface area contributed by atoms with E-state index in [0.717, 1.165) is 12.8 Å². The number of carbonyl (C=O) groups excluding carboxylic acids is 2. The highest BCUT2D eigenvalue weighted by Gasteiger charge is 2.31. The van der Waals surface area contributed by atoms with Crippen molar-refractivity contribution in [1.29, 1.82) is 0 Å². The molecule has 0 aliphatic carbocycles. The van der Waals surface area contributed by atoms with Gasteiger partial charge in [0.25, 0.3) is 11.8 Å². The minimum absolute atomic E-state index is 0.0694. The van der Waals surface area contributed by atoms with Gasteiger partial charge < -0.3 is 15.4 Å². The van der Waals surface area contributed by atoms with Gasteiger partial charge in [-0.25, -0.2) is 8.42 Å². The number of carbonyl (C=O) groups is 2. The molecule has 1 heterocycles. The zero-order valence-electron chi connectivity index (χ0n) is 18.6. The molecule has 2 N–H and O–H groups in total. The number of ether oxygens (including phenoxy) is 1.